The van der Waals surface area contributed by atoms with Crippen LogP contribution in [0.1, 0.15) is 25.0 Å². The normalized spacial score (nSPS) is 22.5. The van der Waals surface area contributed by atoms with Gasteiger partial charge in [-0.25, -0.2) is 13.6 Å². The molecule has 1 aliphatic carbocycles. The summed E-state index contributed by atoms with van der Waals surface area (Å²) in [4.78, 5) is 12.2. The van der Waals surface area contributed by atoms with Crippen LogP contribution in [0.2, 0.25) is 0 Å². The Morgan fingerprint density at radius 3 is 2.62 bits per heavy atom. The third kappa shape index (κ3) is 3.38. The second-order valence-electron chi connectivity index (χ2n) is 5.29. The van der Waals surface area contributed by atoms with E-state index in [0.29, 0.717) is 11.6 Å². The molecule has 2 atom stereocenters. The molecule has 7 nitrogen and oxygen atoms in total. The maximum absolute atomic E-state index is 14.1. The van der Waals surface area contributed by atoms with Gasteiger partial charge in [0, 0.05) is 17.8 Å². The first kappa shape index (κ1) is 19.8. The van der Waals surface area contributed by atoms with Gasteiger partial charge in [0.1, 0.15) is 17.3 Å². The third-order valence-corrected chi connectivity index (χ3v) is 4.86. The largest absolute Gasteiger partial charge is 1.00 e. The van der Waals surface area contributed by atoms with Gasteiger partial charge >= 0.3 is 67.5 Å². The van der Waals surface area contributed by atoms with Crippen LogP contribution in [0.5, 0.6) is 0 Å². The number of benzene rings is 1. The van der Waals surface area contributed by atoms with E-state index < -0.39 is 45.0 Å². The molecule has 0 bridgehead atoms. The molecule has 1 aromatic rings. The summed E-state index contributed by atoms with van der Waals surface area (Å²) in [5.74, 6) is -3.07. The van der Waals surface area contributed by atoms with Gasteiger partial charge in [0.05, 0.1) is 6.04 Å². The van der Waals surface area contributed by atoms with Crippen molar-refractivity contribution < 1.29 is 84.5 Å². The topological polar surface area (TPSA) is 107 Å². The number of halogens is 2. The summed E-state index contributed by atoms with van der Waals surface area (Å²) in [5.41, 5.74) is -1.78. The Morgan fingerprint density at radius 1 is 1.38 bits per heavy atom. The van der Waals surface area contributed by atoms with Crippen molar-refractivity contribution in [3.8, 4) is 0 Å². The smallest absolute Gasteiger partial charge is 1.00 e. The van der Waals surface area contributed by atoms with Crippen LogP contribution in [0.15, 0.2) is 24.0 Å². The van der Waals surface area contributed by atoms with E-state index in [0.717, 1.165) is 17.2 Å². The molecule has 2 aliphatic rings. The Labute approximate surface area is 180 Å². The third-order valence-electron chi connectivity index (χ3n) is 3.93. The molecule has 0 amide bonds. The van der Waals surface area contributed by atoms with E-state index in [1.165, 1.54) is 0 Å². The molecule has 0 fully saturated rings. The Morgan fingerprint density at radius 2 is 2.04 bits per heavy atom. The molecular formula is C13H13F2KN2O5S. The van der Waals surface area contributed by atoms with E-state index in [1.54, 1.807) is 0 Å². The van der Waals surface area contributed by atoms with Crippen molar-refractivity contribution in [3.05, 3.63) is 46.8 Å². The van der Waals surface area contributed by atoms with Crippen molar-refractivity contribution in [2.75, 3.05) is 0 Å². The summed E-state index contributed by atoms with van der Waals surface area (Å²) in [7, 11) is -4.68. The van der Waals surface area contributed by atoms with Gasteiger partial charge in [-0.15, -0.1) is 0 Å². The quantitative estimate of drug-likeness (QED) is 0.410. The Balaban J connectivity index is 0.00000156. The van der Waals surface area contributed by atoms with Crippen molar-refractivity contribution in [3.63, 3.8) is 0 Å². The standard InChI is InChI=1S/C13H12F2N2O5S.K.H/c14-7-3-6-1-2-9(11(6)8(15)4-7)17-10(12(18)19)5-16-13(17)23(20,21)22;;/h3-5,9,13,16H,1-2H2,(H,18,19)(H,20,21,22);;/q;+1;-1. The molecule has 3 N–H and O–H groups in total. The van der Waals surface area contributed by atoms with Crippen molar-refractivity contribution in [1.29, 1.82) is 0 Å². The summed E-state index contributed by atoms with van der Waals surface area (Å²) in [6.07, 6.45) is 1.38. The molecule has 1 aromatic carbocycles. The number of hydrogen-bond donors (Lipinski definition) is 3. The second kappa shape index (κ2) is 6.98. The number of aryl methyl sites for hydroxylation is 1. The zero-order valence-corrected chi connectivity index (χ0v) is 16.5. The van der Waals surface area contributed by atoms with Crippen LogP contribution in [0, 0.1) is 11.6 Å². The maximum Gasteiger partial charge on any atom is 1.00 e. The first-order valence-corrected chi connectivity index (χ1v) is 8.12. The molecule has 24 heavy (non-hydrogen) atoms. The number of carbonyl (C=O) groups is 1. The van der Waals surface area contributed by atoms with Crippen molar-refractivity contribution in [2.24, 2.45) is 0 Å². The molecule has 11 heteroatoms. The molecule has 0 radical (unpaired) electrons. The van der Waals surface area contributed by atoms with Crippen LogP contribution in [0.4, 0.5) is 8.78 Å². The Hall–Kier alpha value is -0.564. The zero-order valence-electron chi connectivity index (χ0n) is 13.5. The molecule has 0 saturated heterocycles. The van der Waals surface area contributed by atoms with Gasteiger partial charge in [0.25, 0.3) is 0 Å². The molecule has 0 aromatic heterocycles. The number of aliphatic carboxylic acids is 1. The number of carboxylic acid groups (broad SMARTS) is 1. The van der Waals surface area contributed by atoms with Crippen LogP contribution in [0.25, 0.3) is 0 Å². The molecule has 1 heterocycles. The van der Waals surface area contributed by atoms with E-state index in [-0.39, 0.29) is 71.2 Å². The average molecular weight is 386 g/mol. The number of nitrogens with one attached hydrogen (secondary N) is 1. The van der Waals surface area contributed by atoms with Crippen LogP contribution >= 0.6 is 0 Å². The maximum atomic E-state index is 14.1. The van der Waals surface area contributed by atoms with E-state index in [1.807, 2.05) is 0 Å². The summed E-state index contributed by atoms with van der Waals surface area (Å²) < 4.78 is 59.7. The summed E-state index contributed by atoms with van der Waals surface area (Å²) in [6, 6.07) is 0.844. The predicted molar refractivity (Wildman–Crippen MR) is 74.6 cm³/mol. The molecule has 2 unspecified atom stereocenters. The molecule has 0 saturated carbocycles. The molecule has 3 rings (SSSR count). The second-order valence-corrected chi connectivity index (χ2v) is 6.77. The average Bonchev–Trinajstić information content (AvgIpc) is 2.99. The van der Waals surface area contributed by atoms with Crippen LogP contribution in [-0.2, 0) is 21.3 Å². The fourth-order valence-electron chi connectivity index (χ4n) is 3.10. The Bertz CT molecular complexity index is 836. The number of fused-ring (bicyclic) bond motifs is 1. The molecule has 126 valence electrons. The van der Waals surface area contributed by atoms with E-state index in [4.69, 9.17) is 0 Å². The number of rotatable bonds is 3. The zero-order chi connectivity index (χ0) is 16.9. The predicted octanol–water partition coefficient (Wildman–Crippen LogP) is -1.93. The summed E-state index contributed by atoms with van der Waals surface area (Å²) in [6.45, 7) is 0. The van der Waals surface area contributed by atoms with Gasteiger partial charge in [0.15, 0.2) is 0 Å². The van der Waals surface area contributed by atoms with Crippen LogP contribution in [-0.4, -0.2) is 34.4 Å². The molecule has 0 spiro atoms. The number of carboxylic acids is 1. The SMILES string of the molecule is O=C(O)C1=CNC(S(=O)(=O)O)N1C1CCc2cc(F)cc(F)c21.[H-].[K+]. The van der Waals surface area contributed by atoms with Gasteiger partial charge in [-0.2, -0.15) is 8.42 Å². The minimum atomic E-state index is -4.68. The van der Waals surface area contributed by atoms with Gasteiger partial charge < -0.3 is 16.7 Å². The summed E-state index contributed by atoms with van der Waals surface area (Å²) in [5, 5.41) is 11.5. The summed E-state index contributed by atoms with van der Waals surface area (Å²) >= 11 is 0. The van der Waals surface area contributed by atoms with Gasteiger partial charge in [-0.3, -0.25) is 4.55 Å². The fraction of sp³-hybridized carbons (Fsp3) is 0.308. The molecular weight excluding hydrogens is 373 g/mol. The Kier molecular flexibility index (Phi) is 5.74. The van der Waals surface area contributed by atoms with Crippen molar-refractivity contribution in [2.45, 2.75) is 24.4 Å². The fourth-order valence-corrected chi connectivity index (χ4v) is 3.88. The minimum absolute atomic E-state index is 0. The number of hydrogen-bond acceptors (Lipinski definition) is 5. The first-order chi connectivity index (χ1) is 10.7. The van der Waals surface area contributed by atoms with Crippen LogP contribution < -0.4 is 56.7 Å². The molecule has 1 aliphatic heterocycles. The van der Waals surface area contributed by atoms with E-state index >= 15 is 0 Å². The van der Waals surface area contributed by atoms with Gasteiger partial charge in [-0.1, -0.05) is 0 Å². The van der Waals surface area contributed by atoms with Gasteiger partial charge in [0.2, 0.25) is 5.50 Å². The van der Waals surface area contributed by atoms with Gasteiger partial charge in [-0.05, 0) is 24.5 Å². The van der Waals surface area contributed by atoms with Crippen molar-refractivity contribution >= 4 is 16.1 Å². The van der Waals surface area contributed by atoms with Crippen LogP contribution in [0.3, 0.4) is 0 Å². The van der Waals surface area contributed by atoms with E-state index in [9.17, 15) is 31.7 Å². The monoisotopic (exact) mass is 386 g/mol. The first-order valence-electron chi connectivity index (χ1n) is 6.62. The minimum Gasteiger partial charge on any atom is -1.00 e. The van der Waals surface area contributed by atoms with Crippen molar-refractivity contribution in [1.82, 2.24) is 10.2 Å². The van der Waals surface area contributed by atoms with E-state index in [2.05, 4.69) is 5.32 Å². The number of nitrogens with zero attached hydrogens (tertiary/aromatic N) is 1.